The smallest absolute Gasteiger partial charge is 0.255 e. The van der Waals surface area contributed by atoms with Crippen molar-refractivity contribution >= 4 is 22.8 Å². The molecule has 5 rings (SSSR count). The molecule has 0 spiro atoms. The molecule has 2 aliphatic rings. The number of H-pyrrole nitrogens is 1. The second-order valence-electron chi connectivity index (χ2n) is 10.2. The molecule has 2 aromatic heterocycles. The highest BCUT2D eigenvalue weighted by Gasteiger charge is 2.27. The van der Waals surface area contributed by atoms with E-state index in [9.17, 15) is 14.0 Å². The Balaban J connectivity index is 1.43. The van der Waals surface area contributed by atoms with E-state index in [-0.39, 0.29) is 29.6 Å². The summed E-state index contributed by atoms with van der Waals surface area (Å²) in [4.78, 5) is 32.5. The van der Waals surface area contributed by atoms with E-state index in [1.54, 1.807) is 18.3 Å². The summed E-state index contributed by atoms with van der Waals surface area (Å²) < 4.78 is 26.1. The van der Waals surface area contributed by atoms with E-state index in [1.165, 1.54) is 20.1 Å². The Hall–Kier alpha value is -3.62. The highest BCUT2D eigenvalue weighted by molar-refractivity contribution is 6.09. The van der Waals surface area contributed by atoms with Crippen molar-refractivity contribution in [1.82, 2.24) is 20.6 Å². The Morgan fingerprint density at radius 2 is 1.76 bits per heavy atom. The number of nitrogens with zero attached hydrogens (tertiary/aromatic N) is 1. The van der Waals surface area contributed by atoms with Crippen LogP contribution in [0.1, 0.15) is 61.5 Å². The molecule has 3 aromatic rings. The maximum atomic E-state index is 14.8. The zero-order valence-electron chi connectivity index (χ0n) is 21.4. The highest BCUT2D eigenvalue weighted by Crippen LogP contribution is 2.40. The number of hydrogen-bond donors (Lipinski definition) is 3. The van der Waals surface area contributed by atoms with Crippen LogP contribution < -0.4 is 20.1 Å². The van der Waals surface area contributed by atoms with Crippen LogP contribution in [0.5, 0.6) is 11.5 Å². The predicted octanol–water partition coefficient (Wildman–Crippen LogP) is 4.65. The van der Waals surface area contributed by atoms with Gasteiger partial charge in [0.1, 0.15) is 11.3 Å². The van der Waals surface area contributed by atoms with E-state index in [0.29, 0.717) is 51.7 Å². The second kappa shape index (κ2) is 10.4. The van der Waals surface area contributed by atoms with Crippen LogP contribution in [-0.2, 0) is 4.79 Å². The van der Waals surface area contributed by atoms with Gasteiger partial charge in [0.25, 0.3) is 5.91 Å². The van der Waals surface area contributed by atoms with Gasteiger partial charge in [-0.25, -0.2) is 4.39 Å². The van der Waals surface area contributed by atoms with Crippen molar-refractivity contribution in [3.8, 4) is 22.6 Å². The van der Waals surface area contributed by atoms with Gasteiger partial charge in [0, 0.05) is 48.1 Å². The molecule has 3 N–H and O–H groups in total. The molecule has 0 bridgehead atoms. The van der Waals surface area contributed by atoms with Crippen molar-refractivity contribution < 1.29 is 23.5 Å². The minimum Gasteiger partial charge on any atom is -0.494 e. The van der Waals surface area contributed by atoms with Crippen LogP contribution in [0.15, 0.2) is 24.4 Å². The van der Waals surface area contributed by atoms with Gasteiger partial charge >= 0.3 is 0 Å². The third-order valence-corrected chi connectivity index (χ3v) is 7.29. The lowest BCUT2D eigenvalue weighted by Crippen LogP contribution is -2.43. The number of amides is 2. The van der Waals surface area contributed by atoms with Gasteiger partial charge in [-0.1, -0.05) is 0 Å². The van der Waals surface area contributed by atoms with Crippen molar-refractivity contribution in [3.05, 3.63) is 41.5 Å². The molecule has 2 fully saturated rings. The molecular weight excluding hydrogens is 475 g/mol. The highest BCUT2D eigenvalue weighted by atomic mass is 19.1. The number of benzene rings is 1. The van der Waals surface area contributed by atoms with Gasteiger partial charge in [-0.2, -0.15) is 0 Å². The van der Waals surface area contributed by atoms with E-state index < -0.39 is 5.82 Å². The molecule has 2 heterocycles. The van der Waals surface area contributed by atoms with Gasteiger partial charge in [0.2, 0.25) is 5.91 Å². The molecule has 2 amide bonds. The summed E-state index contributed by atoms with van der Waals surface area (Å²) in [5.74, 6) is 0.474. The number of aromatic nitrogens is 2. The van der Waals surface area contributed by atoms with Crippen LogP contribution in [0, 0.1) is 18.7 Å². The number of nitrogens with one attached hydrogen (secondary N) is 3. The minimum absolute atomic E-state index is 0.0263. The van der Waals surface area contributed by atoms with Gasteiger partial charge in [-0.3, -0.25) is 14.6 Å². The average Bonchev–Trinajstić information content (AvgIpc) is 3.63. The number of aromatic amines is 1. The molecule has 0 radical (unpaired) electrons. The molecule has 196 valence electrons. The average molecular weight is 509 g/mol. The minimum atomic E-state index is -0.489. The van der Waals surface area contributed by atoms with E-state index in [0.717, 1.165) is 38.5 Å². The summed E-state index contributed by atoms with van der Waals surface area (Å²) in [7, 11) is 1.43. The number of hydrogen-bond acceptors (Lipinski definition) is 5. The topological polar surface area (TPSA) is 105 Å². The van der Waals surface area contributed by atoms with Gasteiger partial charge < -0.3 is 25.1 Å². The van der Waals surface area contributed by atoms with Crippen molar-refractivity contribution in [1.29, 1.82) is 0 Å². The maximum Gasteiger partial charge on any atom is 0.255 e. The number of aryl methyl sites for hydroxylation is 1. The number of pyridine rings is 1. The van der Waals surface area contributed by atoms with Gasteiger partial charge in [0.15, 0.2) is 11.6 Å². The monoisotopic (exact) mass is 508 g/mol. The lowest BCUT2D eigenvalue weighted by atomic mass is 9.91. The number of methoxy groups -OCH3 is 1. The van der Waals surface area contributed by atoms with Gasteiger partial charge in [0.05, 0.1) is 24.8 Å². The summed E-state index contributed by atoms with van der Waals surface area (Å²) in [6, 6.07) is 4.99. The predicted molar refractivity (Wildman–Crippen MR) is 138 cm³/mol. The third-order valence-electron chi connectivity index (χ3n) is 7.29. The Morgan fingerprint density at radius 1 is 1.05 bits per heavy atom. The molecule has 1 aromatic carbocycles. The summed E-state index contributed by atoms with van der Waals surface area (Å²) in [5.41, 5.74) is 3.64. The quantitative estimate of drug-likeness (QED) is 0.411. The van der Waals surface area contributed by atoms with Crippen LogP contribution in [0.2, 0.25) is 0 Å². The number of rotatable bonds is 8. The summed E-state index contributed by atoms with van der Waals surface area (Å²) in [5, 5.41) is 6.11. The standard InChI is InChI=1S/C28H33FN4O4/c1-15-25(28(35)33-19-8-6-18(7-9-19)32-16(2)34)27-26(31-15)20(10-11-30-27)21-12-22(29)24(36-3)13-23(21)37-14-17-4-5-17/h10-13,17-19,31H,4-9,14H2,1-3H3,(H,32,34)(H,33,35)/t18-,19-. The first-order valence-electron chi connectivity index (χ1n) is 12.9. The number of carbonyl (C=O) groups excluding carboxylic acids is 2. The van der Waals surface area contributed by atoms with Crippen LogP contribution in [0.3, 0.4) is 0 Å². The molecule has 0 atom stereocenters. The molecule has 2 aliphatic carbocycles. The molecule has 37 heavy (non-hydrogen) atoms. The number of fused-ring (bicyclic) bond motifs is 1. The summed E-state index contributed by atoms with van der Waals surface area (Å²) in [6.45, 7) is 3.93. The zero-order chi connectivity index (χ0) is 26.1. The molecule has 0 saturated heterocycles. The van der Waals surface area contributed by atoms with Crippen LogP contribution in [-0.4, -0.2) is 47.6 Å². The molecule has 2 saturated carbocycles. The van der Waals surface area contributed by atoms with E-state index in [2.05, 4.69) is 20.6 Å². The fourth-order valence-corrected chi connectivity index (χ4v) is 5.15. The first kappa shape index (κ1) is 25.0. The van der Waals surface area contributed by atoms with Crippen LogP contribution in [0.25, 0.3) is 22.2 Å². The number of carbonyl (C=O) groups is 2. The fraction of sp³-hybridized carbons (Fsp3) is 0.464. The summed E-state index contributed by atoms with van der Waals surface area (Å²) >= 11 is 0. The van der Waals surface area contributed by atoms with E-state index in [1.807, 2.05) is 6.92 Å². The molecule has 0 unspecified atom stereocenters. The Morgan fingerprint density at radius 3 is 2.41 bits per heavy atom. The van der Waals surface area contributed by atoms with Crippen molar-refractivity contribution in [3.63, 3.8) is 0 Å². The van der Waals surface area contributed by atoms with Crippen LogP contribution >= 0.6 is 0 Å². The van der Waals surface area contributed by atoms with Gasteiger partial charge in [-0.15, -0.1) is 0 Å². The van der Waals surface area contributed by atoms with E-state index in [4.69, 9.17) is 9.47 Å². The first-order valence-corrected chi connectivity index (χ1v) is 12.9. The molecular formula is C28H33FN4O4. The molecule has 0 aliphatic heterocycles. The lowest BCUT2D eigenvalue weighted by molar-refractivity contribution is -0.119. The maximum absolute atomic E-state index is 14.8. The van der Waals surface area contributed by atoms with Crippen molar-refractivity contribution in [2.75, 3.05) is 13.7 Å². The van der Waals surface area contributed by atoms with Crippen LogP contribution in [0.4, 0.5) is 4.39 Å². The summed E-state index contributed by atoms with van der Waals surface area (Å²) in [6.07, 6.45) is 7.14. The third kappa shape index (κ3) is 5.40. The number of ether oxygens (including phenoxy) is 2. The number of halogens is 1. The first-order chi connectivity index (χ1) is 17.8. The largest absolute Gasteiger partial charge is 0.494 e. The second-order valence-corrected chi connectivity index (χ2v) is 10.2. The Kier molecular flexibility index (Phi) is 7.04. The zero-order valence-corrected chi connectivity index (χ0v) is 21.4. The fourth-order valence-electron chi connectivity index (χ4n) is 5.15. The molecule has 9 heteroatoms. The Labute approximate surface area is 215 Å². The Bertz CT molecular complexity index is 1330. The van der Waals surface area contributed by atoms with Crippen molar-refractivity contribution in [2.45, 2.75) is 64.5 Å². The van der Waals surface area contributed by atoms with Gasteiger partial charge in [-0.05, 0) is 63.5 Å². The van der Waals surface area contributed by atoms with E-state index >= 15 is 0 Å². The van der Waals surface area contributed by atoms with Crippen molar-refractivity contribution in [2.24, 2.45) is 5.92 Å². The molecule has 8 nitrogen and oxygen atoms in total. The normalized spacial score (nSPS) is 19.5. The SMILES string of the molecule is COc1cc(OCC2CC2)c(-c2ccnc3c(C(=O)N[C@H]4CC[C@H](NC(C)=O)CC4)c(C)[nH]c23)cc1F. The lowest BCUT2D eigenvalue weighted by Gasteiger charge is -2.29.